The highest BCUT2D eigenvalue weighted by atomic mass is 79.9. The summed E-state index contributed by atoms with van der Waals surface area (Å²) in [6, 6.07) is 1.61. The molecule has 3 nitrogen and oxygen atoms in total. The van der Waals surface area contributed by atoms with Gasteiger partial charge in [-0.1, -0.05) is 0 Å². The molecule has 1 N–H and O–H groups in total. The van der Waals surface area contributed by atoms with Crippen molar-refractivity contribution in [2.75, 3.05) is 5.32 Å². The zero-order chi connectivity index (χ0) is 13.3. The lowest BCUT2D eigenvalue weighted by Gasteiger charge is -2.08. The molecule has 0 radical (unpaired) electrons. The first-order chi connectivity index (χ1) is 8.47. The molecular weight excluding hydrogens is 334 g/mol. The predicted octanol–water partition coefficient (Wildman–Crippen LogP) is 4.05. The highest BCUT2D eigenvalue weighted by Gasteiger charge is 2.12. The minimum absolute atomic E-state index is 0.00173. The van der Waals surface area contributed by atoms with Crippen LogP contribution in [0.5, 0.6) is 0 Å². The van der Waals surface area contributed by atoms with Crippen LogP contribution in [0.1, 0.15) is 0 Å². The third-order valence-electron chi connectivity index (χ3n) is 1.96. The van der Waals surface area contributed by atoms with Crippen molar-refractivity contribution in [3.05, 3.63) is 45.5 Å². The minimum Gasteiger partial charge on any atom is -0.339 e. The van der Waals surface area contributed by atoms with Crippen LogP contribution in [0.25, 0.3) is 0 Å². The van der Waals surface area contributed by atoms with Gasteiger partial charge in [0.05, 0.1) is 4.47 Å². The zero-order valence-electron chi connectivity index (χ0n) is 8.52. The molecule has 0 aliphatic heterocycles. The number of halogens is 5. The topological polar surface area (TPSA) is 37.8 Å². The second-order valence-corrected chi connectivity index (χ2v) is 4.41. The third-order valence-corrected chi connectivity index (χ3v) is 2.72. The Balaban J connectivity index is 2.37. The summed E-state index contributed by atoms with van der Waals surface area (Å²) < 4.78 is 39.2. The van der Waals surface area contributed by atoms with Crippen LogP contribution in [0.2, 0.25) is 5.28 Å². The number of hydrogen-bond acceptors (Lipinski definition) is 3. The summed E-state index contributed by atoms with van der Waals surface area (Å²) in [6.45, 7) is 0. The number of nitrogens with zero attached hydrogens (tertiary/aromatic N) is 2. The Morgan fingerprint density at radius 3 is 2.39 bits per heavy atom. The van der Waals surface area contributed by atoms with Crippen molar-refractivity contribution in [2.45, 2.75) is 0 Å². The quantitative estimate of drug-likeness (QED) is 0.663. The smallest absolute Gasteiger partial charge is 0.224 e. The molecule has 0 bridgehead atoms. The van der Waals surface area contributed by atoms with Crippen LogP contribution in [0.3, 0.4) is 0 Å². The van der Waals surface area contributed by atoms with Gasteiger partial charge in [-0.25, -0.2) is 18.2 Å². The Kier molecular flexibility index (Phi) is 3.72. The molecule has 0 fully saturated rings. The van der Waals surface area contributed by atoms with E-state index in [0.717, 1.165) is 12.1 Å². The first kappa shape index (κ1) is 13.1. The van der Waals surface area contributed by atoms with Crippen LogP contribution in [-0.2, 0) is 0 Å². The maximum atomic E-state index is 13.0. The molecule has 0 saturated heterocycles. The zero-order valence-corrected chi connectivity index (χ0v) is 10.9. The molecule has 94 valence electrons. The van der Waals surface area contributed by atoms with Gasteiger partial charge in [-0.15, -0.1) is 0 Å². The fraction of sp³-hybridized carbons (Fsp3) is 0. The van der Waals surface area contributed by atoms with Gasteiger partial charge < -0.3 is 5.32 Å². The molecule has 18 heavy (non-hydrogen) atoms. The maximum absolute atomic E-state index is 13.0. The van der Waals surface area contributed by atoms with Crippen molar-refractivity contribution < 1.29 is 13.2 Å². The predicted molar refractivity (Wildman–Crippen MR) is 64.3 cm³/mol. The van der Waals surface area contributed by atoms with Gasteiger partial charge in [0.25, 0.3) is 0 Å². The van der Waals surface area contributed by atoms with Crippen LogP contribution < -0.4 is 5.32 Å². The van der Waals surface area contributed by atoms with E-state index in [1.54, 1.807) is 0 Å². The van der Waals surface area contributed by atoms with Crippen LogP contribution in [-0.4, -0.2) is 9.97 Å². The van der Waals surface area contributed by atoms with Gasteiger partial charge in [-0.3, -0.25) is 0 Å². The Hall–Kier alpha value is -1.34. The van der Waals surface area contributed by atoms with Gasteiger partial charge in [0, 0.05) is 24.0 Å². The molecule has 0 atom stereocenters. The van der Waals surface area contributed by atoms with Gasteiger partial charge >= 0.3 is 0 Å². The van der Waals surface area contributed by atoms with Crippen LogP contribution in [0, 0.1) is 17.5 Å². The number of nitrogens with one attached hydrogen (secondary N) is 1. The fourth-order valence-corrected chi connectivity index (χ4v) is 1.62. The van der Waals surface area contributed by atoms with Gasteiger partial charge in [0.15, 0.2) is 17.5 Å². The summed E-state index contributed by atoms with van der Waals surface area (Å²) in [7, 11) is 0. The van der Waals surface area contributed by atoms with Crippen LogP contribution in [0.4, 0.5) is 24.7 Å². The minimum atomic E-state index is -1.53. The van der Waals surface area contributed by atoms with Crippen molar-refractivity contribution >= 4 is 39.0 Å². The second kappa shape index (κ2) is 5.11. The standard InChI is InChI=1S/C10H4BrClF3N3/c11-5-3-16-10(12)18-9(5)17-4-1-6(13)8(15)7(14)2-4/h1-3H,(H,16,17,18). The molecule has 0 aliphatic carbocycles. The Labute approximate surface area is 113 Å². The van der Waals surface area contributed by atoms with Crippen molar-refractivity contribution in [1.82, 2.24) is 9.97 Å². The molecule has 1 heterocycles. The van der Waals surface area contributed by atoms with E-state index in [2.05, 4.69) is 31.2 Å². The molecular formula is C10H4BrClF3N3. The maximum Gasteiger partial charge on any atom is 0.224 e. The third kappa shape index (κ3) is 2.73. The van der Waals surface area contributed by atoms with Crippen molar-refractivity contribution in [2.24, 2.45) is 0 Å². The van der Waals surface area contributed by atoms with E-state index in [0.29, 0.717) is 4.47 Å². The molecule has 2 rings (SSSR count). The number of benzene rings is 1. The molecule has 0 unspecified atom stereocenters. The molecule has 1 aromatic carbocycles. The first-order valence-corrected chi connectivity index (χ1v) is 5.74. The molecule has 0 saturated carbocycles. The molecule has 0 amide bonds. The summed E-state index contributed by atoms with van der Waals surface area (Å²) in [6.07, 6.45) is 1.37. The van der Waals surface area contributed by atoms with E-state index in [1.165, 1.54) is 6.20 Å². The highest BCUT2D eigenvalue weighted by molar-refractivity contribution is 9.10. The summed E-state index contributed by atoms with van der Waals surface area (Å²) in [5.74, 6) is -3.91. The fourth-order valence-electron chi connectivity index (χ4n) is 1.20. The van der Waals surface area contributed by atoms with Crippen LogP contribution in [0.15, 0.2) is 22.8 Å². The Morgan fingerprint density at radius 1 is 1.17 bits per heavy atom. The molecule has 2 aromatic rings. The lowest BCUT2D eigenvalue weighted by atomic mass is 10.3. The number of rotatable bonds is 2. The van der Waals surface area contributed by atoms with E-state index in [4.69, 9.17) is 11.6 Å². The number of anilines is 2. The molecule has 8 heteroatoms. The summed E-state index contributed by atoms with van der Waals surface area (Å²) in [4.78, 5) is 7.50. The highest BCUT2D eigenvalue weighted by Crippen LogP contribution is 2.25. The Bertz CT molecular complexity index is 586. The van der Waals surface area contributed by atoms with Gasteiger partial charge in [-0.05, 0) is 27.5 Å². The first-order valence-electron chi connectivity index (χ1n) is 4.57. The van der Waals surface area contributed by atoms with E-state index in [1.807, 2.05) is 0 Å². The van der Waals surface area contributed by atoms with E-state index < -0.39 is 17.5 Å². The lowest BCUT2D eigenvalue weighted by molar-refractivity contribution is 0.448. The molecule has 1 aromatic heterocycles. The van der Waals surface area contributed by atoms with Gasteiger partial charge in [0.2, 0.25) is 5.28 Å². The van der Waals surface area contributed by atoms with Crippen molar-refractivity contribution in [1.29, 1.82) is 0 Å². The molecule has 0 aliphatic rings. The Morgan fingerprint density at radius 2 is 1.78 bits per heavy atom. The van der Waals surface area contributed by atoms with E-state index >= 15 is 0 Å². The number of hydrogen-bond donors (Lipinski definition) is 1. The monoisotopic (exact) mass is 337 g/mol. The average Bonchev–Trinajstić information content (AvgIpc) is 2.31. The normalized spacial score (nSPS) is 10.5. The summed E-state index contributed by atoms with van der Waals surface area (Å²) in [5, 5.41) is 2.55. The summed E-state index contributed by atoms with van der Waals surface area (Å²) >= 11 is 8.71. The largest absolute Gasteiger partial charge is 0.339 e. The molecule has 0 spiro atoms. The van der Waals surface area contributed by atoms with Crippen LogP contribution >= 0.6 is 27.5 Å². The van der Waals surface area contributed by atoms with Gasteiger partial charge in [0.1, 0.15) is 5.82 Å². The number of aromatic nitrogens is 2. The van der Waals surface area contributed by atoms with Crippen molar-refractivity contribution in [3.8, 4) is 0 Å². The summed E-state index contributed by atoms with van der Waals surface area (Å²) in [5.41, 5.74) is 0.00173. The average molecular weight is 339 g/mol. The van der Waals surface area contributed by atoms with E-state index in [9.17, 15) is 13.2 Å². The van der Waals surface area contributed by atoms with E-state index in [-0.39, 0.29) is 16.8 Å². The van der Waals surface area contributed by atoms with Gasteiger partial charge in [-0.2, -0.15) is 4.98 Å². The SMILES string of the molecule is Fc1cc(Nc2nc(Cl)ncc2Br)cc(F)c1F. The lowest BCUT2D eigenvalue weighted by Crippen LogP contribution is -1.99. The second-order valence-electron chi connectivity index (χ2n) is 3.21. The van der Waals surface area contributed by atoms with Crippen molar-refractivity contribution in [3.63, 3.8) is 0 Å².